The number of carbonyl (C=O) groups is 4. The van der Waals surface area contributed by atoms with Crippen LogP contribution >= 0.6 is 30.5 Å². The number of unbranched alkanes of at least 4 members (excludes halogenated alkanes) is 4. The Morgan fingerprint density at radius 2 is 1.68 bits per heavy atom. The molecule has 7 rings (SSSR count). The van der Waals surface area contributed by atoms with Crippen LogP contribution in [0.4, 0.5) is 28.8 Å². The number of aromatic nitrogens is 2. The number of thioether (sulfide) groups is 1. The lowest BCUT2D eigenvalue weighted by Gasteiger charge is -2.38. The smallest absolute Gasteiger partial charge is 0.263 e. The van der Waals surface area contributed by atoms with Gasteiger partial charge >= 0.3 is 0 Å². The minimum atomic E-state index is -2.55. The van der Waals surface area contributed by atoms with Crippen molar-refractivity contribution in [3.8, 4) is 5.75 Å². The summed E-state index contributed by atoms with van der Waals surface area (Å²) < 4.78 is 18.7. The fraction of sp³-hybridized carbons (Fsp3) is 0.422. The Labute approximate surface area is 372 Å². The van der Waals surface area contributed by atoms with Crippen LogP contribution in [0.25, 0.3) is 0 Å². The highest BCUT2D eigenvalue weighted by Crippen LogP contribution is 2.40. The number of carbonyl (C=O) groups excluding carboxylic acids is 4. The fourth-order valence-electron chi connectivity index (χ4n) is 8.32. The molecule has 2 saturated heterocycles. The highest BCUT2D eigenvalue weighted by atomic mass is 35.5. The molecule has 0 aliphatic carbocycles. The molecule has 3 aromatic carbocycles. The van der Waals surface area contributed by atoms with Gasteiger partial charge in [0, 0.05) is 47.5 Å². The molecule has 0 saturated carbocycles. The summed E-state index contributed by atoms with van der Waals surface area (Å²) in [6, 6.07) is 18.4. The molecule has 4 amide bonds. The first-order chi connectivity index (χ1) is 29.8. The van der Waals surface area contributed by atoms with E-state index in [1.807, 2.05) is 42.5 Å². The van der Waals surface area contributed by atoms with Crippen molar-refractivity contribution in [1.29, 1.82) is 0 Å². The molecule has 328 valence electrons. The Morgan fingerprint density at radius 1 is 0.919 bits per heavy atom. The van der Waals surface area contributed by atoms with Gasteiger partial charge in [-0.15, -0.1) is 11.8 Å². The molecule has 0 bridgehead atoms. The average Bonchev–Trinajstić information content (AvgIpc) is 3.51. The number of anilines is 5. The van der Waals surface area contributed by atoms with Gasteiger partial charge in [-0.05, 0) is 101 Å². The zero-order valence-electron chi connectivity index (χ0n) is 35.6. The number of nitrogens with one attached hydrogen (secondary N) is 3. The van der Waals surface area contributed by atoms with Crippen molar-refractivity contribution < 1.29 is 28.5 Å². The van der Waals surface area contributed by atoms with Crippen molar-refractivity contribution in [2.75, 3.05) is 68.4 Å². The van der Waals surface area contributed by atoms with E-state index in [0.29, 0.717) is 50.7 Å². The van der Waals surface area contributed by atoms with Crippen molar-refractivity contribution in [2.24, 2.45) is 0 Å². The Hall–Kier alpha value is -4.95. The summed E-state index contributed by atoms with van der Waals surface area (Å²) in [5.74, 6) is 0.326. The number of imide groups is 2. The molecule has 3 aliphatic heterocycles. The molecule has 4 aromatic rings. The molecular formula is C45H54ClN8O6PS. The maximum Gasteiger partial charge on any atom is 0.263 e. The van der Waals surface area contributed by atoms with Crippen LogP contribution < -0.4 is 30.9 Å². The zero-order valence-corrected chi connectivity index (χ0v) is 38.1. The van der Waals surface area contributed by atoms with Crippen LogP contribution in [0.5, 0.6) is 5.75 Å². The minimum absolute atomic E-state index is 0.0990. The minimum Gasteiger partial charge on any atom is -0.494 e. The van der Waals surface area contributed by atoms with Crippen LogP contribution in [0.3, 0.4) is 0 Å². The molecule has 1 unspecified atom stereocenters. The second-order valence-corrected chi connectivity index (χ2v) is 21.1. The molecular weight excluding hydrogens is 847 g/mol. The van der Waals surface area contributed by atoms with E-state index in [1.165, 1.54) is 6.20 Å². The quantitative estimate of drug-likeness (QED) is 0.0382. The largest absolute Gasteiger partial charge is 0.494 e. The van der Waals surface area contributed by atoms with E-state index in [4.69, 9.17) is 16.3 Å². The van der Waals surface area contributed by atoms with Crippen molar-refractivity contribution in [3.63, 3.8) is 0 Å². The van der Waals surface area contributed by atoms with Crippen molar-refractivity contribution in [2.45, 2.75) is 74.8 Å². The summed E-state index contributed by atoms with van der Waals surface area (Å²) >= 11 is 8.05. The van der Waals surface area contributed by atoms with Crippen LogP contribution in [-0.4, -0.2) is 108 Å². The maximum atomic E-state index is 13.4. The number of methoxy groups -OCH3 is 1. The predicted octanol–water partition coefficient (Wildman–Crippen LogP) is 7.92. The van der Waals surface area contributed by atoms with Gasteiger partial charge in [0.2, 0.25) is 17.8 Å². The monoisotopic (exact) mass is 900 g/mol. The average molecular weight is 901 g/mol. The van der Waals surface area contributed by atoms with Gasteiger partial charge in [0.05, 0.1) is 35.8 Å². The van der Waals surface area contributed by atoms with Crippen LogP contribution in [0.15, 0.2) is 71.8 Å². The Kier molecular flexibility index (Phi) is 14.6. The molecule has 3 aliphatic rings. The third-order valence-electron chi connectivity index (χ3n) is 11.7. The van der Waals surface area contributed by atoms with Crippen molar-refractivity contribution in [1.82, 2.24) is 25.1 Å². The molecule has 0 radical (unpaired) electrons. The van der Waals surface area contributed by atoms with Gasteiger partial charge in [0.1, 0.15) is 24.0 Å². The highest BCUT2D eigenvalue weighted by Gasteiger charge is 2.45. The lowest BCUT2D eigenvalue weighted by atomic mass is 10.0. The molecule has 17 heteroatoms. The summed E-state index contributed by atoms with van der Waals surface area (Å²) in [5, 5.41) is 9.82. The lowest BCUT2D eigenvalue weighted by molar-refractivity contribution is -0.136. The molecule has 3 N–H and O–H groups in total. The van der Waals surface area contributed by atoms with Crippen LogP contribution in [0, 0.1) is 0 Å². The molecule has 14 nitrogen and oxygen atoms in total. The first-order valence-corrected chi connectivity index (χ1v) is 25.1. The van der Waals surface area contributed by atoms with E-state index in [0.717, 1.165) is 91.5 Å². The van der Waals surface area contributed by atoms with Crippen LogP contribution in [0.2, 0.25) is 5.02 Å². The predicted molar refractivity (Wildman–Crippen MR) is 247 cm³/mol. The summed E-state index contributed by atoms with van der Waals surface area (Å²) in [4.78, 5) is 66.3. The first-order valence-electron chi connectivity index (χ1n) is 21.1. The van der Waals surface area contributed by atoms with E-state index < -0.39 is 30.9 Å². The van der Waals surface area contributed by atoms with Crippen molar-refractivity contribution in [3.05, 3.63) is 83.0 Å². The number of amides is 4. The highest BCUT2D eigenvalue weighted by molar-refractivity contribution is 7.99. The number of piperidine rings is 2. The maximum absolute atomic E-state index is 13.4. The van der Waals surface area contributed by atoms with Gasteiger partial charge in [-0.2, -0.15) is 4.98 Å². The van der Waals surface area contributed by atoms with E-state index in [1.54, 1.807) is 44.3 Å². The molecule has 62 heavy (non-hydrogen) atoms. The van der Waals surface area contributed by atoms with Gasteiger partial charge in [-0.25, -0.2) is 4.98 Å². The topological polar surface area (TPSA) is 166 Å². The summed E-state index contributed by atoms with van der Waals surface area (Å²) in [6.07, 6.45) is 9.41. The van der Waals surface area contributed by atoms with Gasteiger partial charge in [0.25, 0.3) is 11.8 Å². The number of benzene rings is 3. The molecule has 0 spiro atoms. The van der Waals surface area contributed by atoms with E-state index >= 15 is 0 Å². The van der Waals surface area contributed by atoms with Gasteiger partial charge in [-0.3, -0.25) is 29.4 Å². The second-order valence-electron chi connectivity index (χ2n) is 16.3. The van der Waals surface area contributed by atoms with Crippen LogP contribution in [0.1, 0.15) is 78.5 Å². The number of ether oxygens (including phenoxy) is 1. The summed E-state index contributed by atoms with van der Waals surface area (Å²) in [7, 11) is 1.33. The summed E-state index contributed by atoms with van der Waals surface area (Å²) in [5.41, 5.74) is 3.19. The number of para-hydroxylation sites is 1. The van der Waals surface area contributed by atoms with E-state index in [2.05, 4.69) is 48.8 Å². The third kappa shape index (κ3) is 10.5. The Morgan fingerprint density at radius 3 is 2.44 bits per heavy atom. The van der Waals surface area contributed by atoms with Gasteiger partial charge < -0.3 is 29.7 Å². The number of rotatable bonds is 18. The standard InChI is InChI=1S/C45H54ClN8O6PS/c1-52(23-10-6-5-7-11-26-62-38-16-12-13-31-40(38)44(58)54(43(31)57)35-19-20-39(55)50-42(35)56)29-21-24-53(25-22-29)30-17-18-33(36(27-30)60-2)49-45-47-28-32(46)41(51-45)48-34-14-8-9-15-37(34)61(3,4)59/h8-9,12-18,27-29,35H,5-7,10-11,19-26H2,1-4H3,(H,50,55,56)(H2,47,48,49,51). The number of hydrogen-bond acceptors (Lipinski definition) is 13. The van der Waals surface area contributed by atoms with Gasteiger partial charge in [0.15, 0.2) is 5.82 Å². The number of hydrogen-bond donors (Lipinski definition) is 3. The second kappa shape index (κ2) is 20.0. The van der Waals surface area contributed by atoms with E-state index in [-0.39, 0.29) is 18.7 Å². The van der Waals surface area contributed by atoms with E-state index in [9.17, 15) is 23.7 Å². The third-order valence-corrected chi connectivity index (χ3v) is 14.7. The number of halogens is 1. The van der Waals surface area contributed by atoms with Crippen molar-refractivity contribution >= 4 is 88.3 Å². The molecule has 1 atom stereocenters. The Bertz CT molecular complexity index is 2370. The van der Waals surface area contributed by atoms with Crippen LogP contribution in [-0.2, 0) is 14.2 Å². The SMILES string of the molecule is COc1cc(N2CCC(N(C)CCCCCCCSc3cccc4c3C(=O)N(C3CCC(=O)NC3=O)C4=O)CC2)ccc1Nc1ncc(Cl)c(Nc2ccccc2P(C)(C)=O)n1. The lowest BCUT2D eigenvalue weighted by Crippen LogP contribution is -2.54. The van der Waals surface area contributed by atoms with Gasteiger partial charge in [-0.1, -0.05) is 49.1 Å². The normalized spacial score (nSPS) is 17.1. The number of fused-ring (bicyclic) bond motifs is 1. The number of nitrogens with zero attached hydrogens (tertiary/aromatic N) is 5. The molecule has 2 fully saturated rings. The summed E-state index contributed by atoms with van der Waals surface area (Å²) in [6.45, 7) is 6.41. The fourth-order valence-corrected chi connectivity index (χ4v) is 10.7. The zero-order chi connectivity index (χ0) is 44.0. The Balaban J connectivity index is 0.820. The molecule has 4 heterocycles. The first kappa shape index (κ1) is 45.1. The molecule has 1 aromatic heterocycles.